The summed E-state index contributed by atoms with van der Waals surface area (Å²) < 4.78 is 6.82. The van der Waals surface area contributed by atoms with Crippen LogP contribution in [0.2, 0.25) is 0 Å². The largest absolute Gasteiger partial charge is 0.481 e. The fourth-order valence-electron chi connectivity index (χ4n) is 9.87. The summed E-state index contributed by atoms with van der Waals surface area (Å²) in [5, 5.41) is 35.0. The highest BCUT2D eigenvalue weighted by molar-refractivity contribution is 5.70. The average molecular weight is 460 g/mol. The van der Waals surface area contributed by atoms with Gasteiger partial charge in [-0.1, -0.05) is 32.4 Å². The second-order valence-electron chi connectivity index (χ2n) is 12.8. The zero-order valence-electron chi connectivity index (χ0n) is 20.3. The van der Waals surface area contributed by atoms with Crippen LogP contribution >= 0.6 is 0 Å². The number of allylic oxidation sites excluding steroid dienone is 1. The molecular weight excluding hydrogens is 418 g/mol. The molecule has 0 radical (unpaired) electrons. The molecule has 3 saturated carbocycles. The number of hydrogen-bond acceptors (Lipinski definition) is 5. The molecule has 2 heterocycles. The Labute approximate surface area is 197 Å². The maximum Gasteiger partial charge on any atom is 0.307 e. The fourth-order valence-corrected chi connectivity index (χ4v) is 9.87. The van der Waals surface area contributed by atoms with Crippen LogP contribution in [0, 0.1) is 46.3 Å². The molecule has 4 aliphatic carbocycles. The first-order valence-electron chi connectivity index (χ1n) is 13.3. The summed E-state index contributed by atoms with van der Waals surface area (Å²) in [6, 6.07) is 0. The van der Waals surface area contributed by atoms with Crippen LogP contribution in [0.25, 0.3) is 0 Å². The number of carbonyl (C=O) groups is 1. The summed E-state index contributed by atoms with van der Waals surface area (Å²) >= 11 is 0. The molecule has 6 nitrogen and oxygen atoms in total. The molecule has 6 rings (SSSR count). The lowest BCUT2D eigenvalue weighted by atomic mass is 9.46. The minimum atomic E-state index is -0.725. The maximum absolute atomic E-state index is 11.8. The monoisotopic (exact) mass is 459 g/mol. The second-order valence-corrected chi connectivity index (χ2v) is 12.8. The van der Waals surface area contributed by atoms with Crippen molar-refractivity contribution >= 4 is 5.97 Å². The molecule has 2 aliphatic heterocycles. The van der Waals surface area contributed by atoms with E-state index in [0.29, 0.717) is 36.6 Å². The second kappa shape index (κ2) is 7.28. The fraction of sp³-hybridized carbons (Fsp3) is 0.889. The minimum absolute atomic E-state index is 0.104. The topological polar surface area (TPSA) is 99.0 Å². The number of rotatable bonds is 1. The first-order chi connectivity index (χ1) is 15.6. The van der Waals surface area contributed by atoms with Gasteiger partial charge in [0.15, 0.2) is 0 Å². The Balaban J connectivity index is 1.28. The number of hydrogen-bond donors (Lipinski definition) is 4. The van der Waals surface area contributed by atoms with Crippen molar-refractivity contribution in [2.24, 2.45) is 46.3 Å². The third-order valence-electron chi connectivity index (χ3n) is 11.8. The van der Waals surface area contributed by atoms with Crippen molar-refractivity contribution in [3.63, 3.8) is 0 Å². The van der Waals surface area contributed by atoms with Crippen LogP contribution in [0.15, 0.2) is 11.6 Å². The Morgan fingerprint density at radius 2 is 1.94 bits per heavy atom. The Bertz CT molecular complexity index is 865. The van der Waals surface area contributed by atoms with Crippen LogP contribution in [-0.2, 0) is 9.53 Å². The van der Waals surface area contributed by atoms with Gasteiger partial charge in [0, 0.05) is 17.9 Å². The van der Waals surface area contributed by atoms with E-state index < -0.39 is 11.7 Å². The lowest BCUT2D eigenvalue weighted by molar-refractivity contribution is -0.154. The van der Waals surface area contributed by atoms with Crippen molar-refractivity contribution in [1.82, 2.24) is 5.32 Å². The number of aliphatic carboxylic acids is 1. The van der Waals surface area contributed by atoms with Gasteiger partial charge in [0.1, 0.15) is 5.72 Å². The molecule has 0 aromatic rings. The van der Waals surface area contributed by atoms with E-state index >= 15 is 0 Å². The van der Waals surface area contributed by atoms with Gasteiger partial charge in [0.2, 0.25) is 0 Å². The van der Waals surface area contributed by atoms with Crippen molar-refractivity contribution in [2.45, 2.75) is 96.2 Å². The van der Waals surface area contributed by atoms with E-state index in [0.717, 1.165) is 44.9 Å². The number of ether oxygens (including phenoxy) is 1. The van der Waals surface area contributed by atoms with E-state index in [1.807, 2.05) is 0 Å². The highest BCUT2D eigenvalue weighted by atomic mass is 16.5. The molecule has 4 N–H and O–H groups in total. The van der Waals surface area contributed by atoms with Crippen molar-refractivity contribution in [2.75, 3.05) is 6.54 Å². The number of aliphatic hydroxyl groups excluding tert-OH is 2. The Morgan fingerprint density at radius 1 is 1.15 bits per heavy atom. The maximum atomic E-state index is 11.8. The molecule has 184 valence electrons. The van der Waals surface area contributed by atoms with Crippen LogP contribution in [0.3, 0.4) is 0 Å². The van der Waals surface area contributed by atoms with Crippen LogP contribution in [0.4, 0.5) is 0 Å². The van der Waals surface area contributed by atoms with Gasteiger partial charge in [0.05, 0.1) is 24.2 Å². The van der Waals surface area contributed by atoms with E-state index in [1.165, 1.54) is 5.57 Å². The highest BCUT2D eigenvalue weighted by Gasteiger charge is 2.70. The molecule has 33 heavy (non-hydrogen) atoms. The molecule has 0 aromatic carbocycles. The van der Waals surface area contributed by atoms with E-state index in [1.54, 1.807) is 0 Å². The van der Waals surface area contributed by atoms with Crippen molar-refractivity contribution in [3.8, 4) is 0 Å². The number of fused-ring (bicyclic) bond motifs is 7. The molecule has 2 saturated heterocycles. The summed E-state index contributed by atoms with van der Waals surface area (Å²) in [5.41, 5.74) is 0.916. The Morgan fingerprint density at radius 3 is 2.64 bits per heavy atom. The molecule has 5 fully saturated rings. The summed E-state index contributed by atoms with van der Waals surface area (Å²) in [4.78, 5) is 11.5. The molecule has 12 atom stereocenters. The SMILES string of the molecule is CC1C2C(CC3C4CC=C5CC(O)CCC5(C)C4CC(O)C32C)OC12CCC(C(=O)O)CN2. The minimum Gasteiger partial charge on any atom is -0.481 e. The van der Waals surface area contributed by atoms with Gasteiger partial charge in [-0.3, -0.25) is 10.1 Å². The zero-order valence-corrected chi connectivity index (χ0v) is 20.3. The van der Waals surface area contributed by atoms with Crippen molar-refractivity contribution < 1.29 is 24.9 Å². The van der Waals surface area contributed by atoms with E-state index in [-0.39, 0.29) is 41.0 Å². The summed E-state index contributed by atoms with van der Waals surface area (Å²) in [5.74, 6) is 0.956. The lowest BCUT2D eigenvalue weighted by Gasteiger charge is -2.60. The van der Waals surface area contributed by atoms with E-state index in [9.17, 15) is 20.1 Å². The lowest BCUT2D eigenvalue weighted by Crippen LogP contribution is -2.60. The first kappa shape index (κ1) is 22.5. The van der Waals surface area contributed by atoms with Crippen molar-refractivity contribution in [3.05, 3.63) is 11.6 Å². The van der Waals surface area contributed by atoms with Gasteiger partial charge in [0.25, 0.3) is 0 Å². The number of aliphatic hydroxyl groups is 2. The smallest absolute Gasteiger partial charge is 0.307 e. The van der Waals surface area contributed by atoms with Crippen LogP contribution in [-0.4, -0.2) is 51.9 Å². The van der Waals surface area contributed by atoms with Crippen molar-refractivity contribution in [1.29, 1.82) is 0 Å². The molecule has 12 unspecified atom stereocenters. The summed E-state index contributed by atoms with van der Waals surface area (Å²) in [7, 11) is 0. The van der Waals surface area contributed by atoms with Crippen LogP contribution < -0.4 is 5.32 Å². The van der Waals surface area contributed by atoms with Gasteiger partial charge in [-0.15, -0.1) is 0 Å². The molecule has 6 heteroatoms. The van der Waals surface area contributed by atoms with Gasteiger partial charge in [-0.25, -0.2) is 0 Å². The van der Waals surface area contributed by atoms with Crippen LogP contribution in [0.1, 0.15) is 72.1 Å². The standard InChI is InChI=1S/C27H41NO5/c1-14-23-21(33-27(14)9-6-15(13-28-27)24(31)32)11-20-18-5-4-16-10-17(29)7-8-25(16,2)19(18)12-22(30)26(20,23)3/h4,14-15,17-23,28-30H,5-13H2,1-3H3,(H,31,32). The predicted octanol–water partition coefficient (Wildman–Crippen LogP) is 3.32. The predicted molar refractivity (Wildman–Crippen MR) is 123 cm³/mol. The molecule has 0 amide bonds. The van der Waals surface area contributed by atoms with Gasteiger partial charge in [-0.05, 0) is 80.5 Å². The highest BCUT2D eigenvalue weighted by Crippen LogP contribution is 2.70. The number of nitrogens with one attached hydrogen (secondary N) is 1. The summed E-state index contributed by atoms with van der Waals surface area (Å²) in [6.45, 7) is 7.46. The average Bonchev–Trinajstić information content (AvgIpc) is 3.21. The van der Waals surface area contributed by atoms with E-state index in [4.69, 9.17) is 4.74 Å². The van der Waals surface area contributed by atoms with E-state index in [2.05, 4.69) is 32.2 Å². The molecule has 1 spiro atoms. The number of piperidine rings is 1. The number of carboxylic acids is 1. The molecule has 6 aliphatic rings. The molecule has 0 aromatic heterocycles. The van der Waals surface area contributed by atoms with Gasteiger partial charge >= 0.3 is 5.97 Å². The molecular formula is C27H41NO5. The first-order valence-corrected chi connectivity index (χ1v) is 13.3. The third-order valence-corrected chi connectivity index (χ3v) is 11.8. The third kappa shape index (κ3) is 2.90. The zero-order chi connectivity index (χ0) is 23.3. The Hall–Kier alpha value is -0.950. The quantitative estimate of drug-likeness (QED) is 0.449. The van der Waals surface area contributed by atoms with Gasteiger partial charge in [-0.2, -0.15) is 0 Å². The number of carboxylic acid groups (broad SMARTS) is 1. The van der Waals surface area contributed by atoms with Gasteiger partial charge < -0.3 is 20.1 Å². The Kier molecular flexibility index (Phi) is 4.97. The van der Waals surface area contributed by atoms with Crippen LogP contribution in [0.5, 0.6) is 0 Å². The molecule has 0 bridgehead atoms. The normalized spacial score (nSPS) is 57.6. The summed E-state index contributed by atoms with van der Waals surface area (Å²) in [6.07, 6.45) is 8.99.